The minimum Gasteiger partial charge on any atom is -1.00 e. The Bertz CT molecular complexity index is 1040. The molecule has 4 heteroatoms. The molecule has 0 saturated carbocycles. The molecule has 0 spiro atoms. The zero-order chi connectivity index (χ0) is 20.8. The summed E-state index contributed by atoms with van der Waals surface area (Å²) in [5.41, 5.74) is 7.29. The monoisotopic (exact) mass is 460 g/mol. The van der Waals surface area contributed by atoms with Crippen LogP contribution in [0.5, 0.6) is 0 Å². The van der Waals surface area contributed by atoms with Gasteiger partial charge < -0.3 is 24.8 Å². The van der Waals surface area contributed by atoms with E-state index in [0.717, 1.165) is 24.2 Å². The van der Waals surface area contributed by atoms with Crippen molar-refractivity contribution < 1.29 is 33.9 Å². The van der Waals surface area contributed by atoms with Gasteiger partial charge in [-0.15, -0.1) is 0 Å². The molecule has 32 heavy (non-hydrogen) atoms. The van der Waals surface area contributed by atoms with Crippen molar-refractivity contribution in [1.82, 2.24) is 0 Å². The van der Waals surface area contributed by atoms with Crippen LogP contribution in [-0.4, -0.2) is 0 Å². The Morgan fingerprint density at radius 3 is 1.09 bits per heavy atom. The molecule has 0 saturated heterocycles. The standard InChI is InChI=1S/C28H26N2.2ClH/c1-3-23-5-9-25(10-6-23)21-29-17-13-27(14-18-29)28-15-19-30(20-16-28)22-26-11-7-24(4-2)8-12-26;;/h3-20H,1-2,21-22H2;2*1H/q+2;;/p-2. The molecule has 2 aromatic heterocycles. The van der Waals surface area contributed by atoms with Gasteiger partial charge in [-0.2, -0.15) is 0 Å². The highest BCUT2D eigenvalue weighted by atomic mass is 35.5. The van der Waals surface area contributed by atoms with Crippen molar-refractivity contribution in [3.05, 3.63) is 133 Å². The van der Waals surface area contributed by atoms with Crippen molar-refractivity contribution in [3.8, 4) is 11.1 Å². The summed E-state index contributed by atoms with van der Waals surface area (Å²) in [6.45, 7) is 9.33. The first-order chi connectivity index (χ1) is 14.7. The largest absolute Gasteiger partial charge is 1.00 e. The van der Waals surface area contributed by atoms with E-state index in [1.165, 1.54) is 22.3 Å². The van der Waals surface area contributed by atoms with Gasteiger partial charge in [-0.3, -0.25) is 0 Å². The molecule has 0 unspecified atom stereocenters. The molecule has 2 aromatic carbocycles. The molecule has 0 aliphatic carbocycles. The topological polar surface area (TPSA) is 7.76 Å². The van der Waals surface area contributed by atoms with E-state index < -0.39 is 0 Å². The second-order valence-electron chi connectivity index (χ2n) is 7.41. The summed E-state index contributed by atoms with van der Waals surface area (Å²) in [5.74, 6) is 0. The van der Waals surface area contributed by atoms with E-state index in [0.29, 0.717) is 0 Å². The van der Waals surface area contributed by atoms with Crippen molar-refractivity contribution >= 4 is 12.2 Å². The summed E-state index contributed by atoms with van der Waals surface area (Å²) in [6, 6.07) is 25.7. The number of rotatable bonds is 7. The second kappa shape index (κ2) is 12.0. The van der Waals surface area contributed by atoms with Crippen LogP contribution < -0.4 is 33.9 Å². The molecule has 0 bridgehead atoms. The first kappa shape index (κ1) is 25.1. The van der Waals surface area contributed by atoms with Crippen molar-refractivity contribution in [1.29, 1.82) is 0 Å². The molecule has 0 amide bonds. The second-order valence-corrected chi connectivity index (χ2v) is 7.41. The Labute approximate surface area is 203 Å². The predicted molar refractivity (Wildman–Crippen MR) is 124 cm³/mol. The van der Waals surface area contributed by atoms with Gasteiger partial charge in [0, 0.05) is 35.4 Å². The minimum atomic E-state index is 0. The summed E-state index contributed by atoms with van der Waals surface area (Å²) in [6.07, 6.45) is 12.3. The van der Waals surface area contributed by atoms with Gasteiger partial charge in [-0.05, 0) is 22.3 Å². The van der Waals surface area contributed by atoms with E-state index in [4.69, 9.17) is 0 Å². The molecule has 0 N–H and O–H groups in total. The van der Waals surface area contributed by atoms with E-state index in [1.807, 2.05) is 12.2 Å². The van der Waals surface area contributed by atoms with Crippen LogP contribution in [0.15, 0.2) is 111 Å². The summed E-state index contributed by atoms with van der Waals surface area (Å²) < 4.78 is 4.39. The van der Waals surface area contributed by atoms with Gasteiger partial charge in [-0.25, -0.2) is 9.13 Å². The van der Waals surface area contributed by atoms with Gasteiger partial charge in [0.1, 0.15) is 0 Å². The molecule has 2 nitrogen and oxygen atoms in total. The molecule has 0 radical (unpaired) electrons. The van der Waals surface area contributed by atoms with E-state index >= 15 is 0 Å². The SMILES string of the molecule is C=Cc1ccc(C[n+]2ccc(-c3cc[n+](Cc4ccc(C=C)cc4)cc3)cc2)cc1.[Cl-].[Cl-]. The first-order valence-corrected chi connectivity index (χ1v) is 10.1. The number of pyridine rings is 2. The lowest BCUT2D eigenvalue weighted by atomic mass is 10.1. The van der Waals surface area contributed by atoms with Gasteiger partial charge >= 0.3 is 0 Å². The van der Waals surface area contributed by atoms with Crippen LogP contribution in [0.4, 0.5) is 0 Å². The van der Waals surface area contributed by atoms with E-state index in [9.17, 15) is 0 Å². The Kier molecular flexibility index (Phi) is 9.39. The predicted octanol–water partition coefficient (Wildman–Crippen LogP) is -0.681. The summed E-state index contributed by atoms with van der Waals surface area (Å²) >= 11 is 0. The zero-order valence-electron chi connectivity index (χ0n) is 17.9. The lowest BCUT2D eigenvalue weighted by Crippen LogP contribution is -3.00. The molecule has 0 aliphatic heterocycles. The third-order valence-corrected chi connectivity index (χ3v) is 5.28. The summed E-state index contributed by atoms with van der Waals surface area (Å²) in [4.78, 5) is 0. The van der Waals surface area contributed by atoms with Crippen LogP contribution in [0.3, 0.4) is 0 Å². The maximum absolute atomic E-state index is 3.81. The Hall–Kier alpha value is -3.20. The van der Waals surface area contributed by atoms with Crippen molar-refractivity contribution in [2.24, 2.45) is 0 Å². The van der Waals surface area contributed by atoms with Gasteiger partial charge in [0.15, 0.2) is 37.9 Å². The van der Waals surface area contributed by atoms with Crippen LogP contribution in [0.2, 0.25) is 0 Å². The number of hydrogen-bond donors (Lipinski definition) is 0. The molecule has 0 aliphatic rings. The van der Waals surface area contributed by atoms with Crippen molar-refractivity contribution in [2.75, 3.05) is 0 Å². The Morgan fingerprint density at radius 2 is 0.812 bits per heavy atom. The molecular formula is C28H26Cl2N2. The van der Waals surface area contributed by atoms with Crippen LogP contribution in [0, 0.1) is 0 Å². The van der Waals surface area contributed by atoms with Crippen LogP contribution in [0.1, 0.15) is 22.3 Å². The fourth-order valence-corrected chi connectivity index (χ4v) is 3.45. The fraction of sp³-hybridized carbons (Fsp3) is 0.0714. The molecular weight excluding hydrogens is 435 g/mol. The molecule has 2 heterocycles. The number of aromatic nitrogens is 2. The number of halogens is 2. The van der Waals surface area contributed by atoms with Crippen LogP contribution >= 0.6 is 0 Å². The van der Waals surface area contributed by atoms with Crippen molar-refractivity contribution in [3.63, 3.8) is 0 Å². The highest BCUT2D eigenvalue weighted by Crippen LogP contribution is 2.16. The Morgan fingerprint density at radius 1 is 0.500 bits per heavy atom. The lowest BCUT2D eigenvalue weighted by Gasteiger charge is -2.03. The molecule has 4 aromatic rings. The van der Waals surface area contributed by atoms with E-state index in [1.54, 1.807) is 0 Å². The molecule has 0 atom stereocenters. The maximum atomic E-state index is 3.81. The molecule has 4 rings (SSSR count). The van der Waals surface area contributed by atoms with Crippen LogP contribution in [0.25, 0.3) is 23.3 Å². The fourth-order valence-electron chi connectivity index (χ4n) is 3.45. The van der Waals surface area contributed by atoms with Crippen LogP contribution in [-0.2, 0) is 13.1 Å². The zero-order valence-corrected chi connectivity index (χ0v) is 19.4. The van der Waals surface area contributed by atoms with E-state index in [-0.39, 0.29) is 24.8 Å². The maximum Gasteiger partial charge on any atom is 0.173 e. The van der Waals surface area contributed by atoms with Gasteiger partial charge in [0.05, 0.1) is 0 Å². The summed E-state index contributed by atoms with van der Waals surface area (Å²) in [7, 11) is 0. The molecule has 162 valence electrons. The number of nitrogens with zero attached hydrogens (tertiary/aromatic N) is 2. The smallest absolute Gasteiger partial charge is 0.173 e. The number of hydrogen-bond acceptors (Lipinski definition) is 0. The third-order valence-electron chi connectivity index (χ3n) is 5.28. The van der Waals surface area contributed by atoms with E-state index in [2.05, 4.69) is 120 Å². The minimum absolute atomic E-state index is 0. The highest BCUT2D eigenvalue weighted by Gasteiger charge is 2.07. The highest BCUT2D eigenvalue weighted by molar-refractivity contribution is 5.61. The normalized spacial score (nSPS) is 9.88. The van der Waals surface area contributed by atoms with Gasteiger partial charge in [0.2, 0.25) is 0 Å². The average Bonchev–Trinajstić information content (AvgIpc) is 2.81. The van der Waals surface area contributed by atoms with Crippen molar-refractivity contribution in [2.45, 2.75) is 13.1 Å². The van der Waals surface area contributed by atoms with Gasteiger partial charge in [0.25, 0.3) is 0 Å². The Balaban J connectivity index is 0.00000181. The first-order valence-electron chi connectivity index (χ1n) is 10.1. The third kappa shape index (κ3) is 6.40. The quantitative estimate of drug-likeness (QED) is 0.323. The summed E-state index contributed by atoms with van der Waals surface area (Å²) in [5, 5.41) is 0. The lowest BCUT2D eigenvalue weighted by molar-refractivity contribution is -0.688. The van der Waals surface area contributed by atoms with Gasteiger partial charge in [-0.1, -0.05) is 73.8 Å². The number of benzene rings is 2. The average molecular weight is 461 g/mol. The molecule has 0 fully saturated rings.